The van der Waals surface area contributed by atoms with Gasteiger partial charge in [0.2, 0.25) is 0 Å². The molecule has 3 heterocycles. The summed E-state index contributed by atoms with van der Waals surface area (Å²) in [5.74, 6) is 1.13. The number of piperazine rings is 1. The van der Waals surface area contributed by atoms with Gasteiger partial charge >= 0.3 is 0 Å². The number of benzene rings is 3. The third-order valence-corrected chi connectivity index (χ3v) is 7.07. The first-order valence-corrected chi connectivity index (χ1v) is 12.4. The predicted molar refractivity (Wildman–Crippen MR) is 141 cm³/mol. The summed E-state index contributed by atoms with van der Waals surface area (Å²) in [6, 6.07) is 34.8. The van der Waals surface area contributed by atoms with Crippen molar-refractivity contribution < 1.29 is 4.90 Å². The Morgan fingerprint density at radius 2 is 1.34 bits per heavy atom. The van der Waals surface area contributed by atoms with E-state index in [0.29, 0.717) is 6.04 Å². The van der Waals surface area contributed by atoms with Crippen LogP contribution < -0.4 is 9.80 Å². The number of aromatic nitrogens is 3. The molecule has 5 nitrogen and oxygen atoms in total. The average molecular weight is 461 g/mol. The highest BCUT2D eigenvalue weighted by Gasteiger charge is 2.31. The number of aryl methyl sites for hydroxylation is 1. The Morgan fingerprint density at radius 1 is 0.771 bits per heavy atom. The molecule has 5 aromatic rings. The molecule has 0 amide bonds. The third-order valence-electron chi connectivity index (χ3n) is 7.07. The van der Waals surface area contributed by atoms with E-state index in [4.69, 9.17) is 10.1 Å². The predicted octanol–water partition coefficient (Wildman–Crippen LogP) is 4.20. The lowest BCUT2D eigenvalue weighted by atomic mass is 9.96. The van der Waals surface area contributed by atoms with Crippen molar-refractivity contribution >= 4 is 11.5 Å². The summed E-state index contributed by atoms with van der Waals surface area (Å²) in [4.78, 5) is 8.93. The van der Waals surface area contributed by atoms with Gasteiger partial charge in [0.25, 0.3) is 0 Å². The molecular formula is C30H30N5+. The number of hydrogen-bond donors (Lipinski definition) is 1. The van der Waals surface area contributed by atoms with Gasteiger partial charge in [-0.2, -0.15) is 9.61 Å². The van der Waals surface area contributed by atoms with Gasteiger partial charge in [0.05, 0.1) is 32.4 Å². The number of nitrogens with one attached hydrogen (secondary N) is 1. The molecule has 0 radical (unpaired) electrons. The zero-order chi connectivity index (χ0) is 23.6. The van der Waals surface area contributed by atoms with Gasteiger partial charge in [-0.25, -0.2) is 4.98 Å². The highest BCUT2D eigenvalue weighted by molar-refractivity contribution is 5.78. The number of hydrogen-bond acceptors (Lipinski definition) is 3. The lowest BCUT2D eigenvalue weighted by Gasteiger charge is -2.38. The Balaban J connectivity index is 1.29. The van der Waals surface area contributed by atoms with Crippen molar-refractivity contribution in [1.82, 2.24) is 14.6 Å². The van der Waals surface area contributed by atoms with Crippen LogP contribution in [0.1, 0.15) is 22.9 Å². The molecule has 5 heteroatoms. The molecule has 0 unspecified atom stereocenters. The normalized spacial score (nSPS) is 14.6. The van der Waals surface area contributed by atoms with Crippen LogP contribution in [-0.2, 0) is 0 Å². The average Bonchev–Trinajstić information content (AvgIpc) is 3.34. The second-order valence-electron chi connectivity index (χ2n) is 9.32. The van der Waals surface area contributed by atoms with Crippen LogP contribution >= 0.6 is 0 Å². The van der Waals surface area contributed by atoms with Crippen molar-refractivity contribution in [1.29, 1.82) is 0 Å². The third kappa shape index (κ3) is 4.19. The number of fused-ring (bicyclic) bond motifs is 1. The first-order valence-electron chi connectivity index (χ1n) is 12.4. The Hall–Kier alpha value is -3.96. The second-order valence-corrected chi connectivity index (χ2v) is 9.32. The molecule has 174 valence electrons. The van der Waals surface area contributed by atoms with E-state index >= 15 is 0 Å². The molecule has 3 aromatic carbocycles. The Labute approximate surface area is 206 Å². The quantitative estimate of drug-likeness (QED) is 0.427. The molecule has 1 aliphatic heterocycles. The fourth-order valence-corrected chi connectivity index (χ4v) is 5.38. The molecule has 0 saturated carbocycles. The smallest absolute Gasteiger partial charge is 0.165 e. The highest BCUT2D eigenvalue weighted by atomic mass is 15.4. The topological polar surface area (TPSA) is 37.9 Å². The summed E-state index contributed by atoms with van der Waals surface area (Å²) in [7, 11) is 0. The minimum Gasteiger partial charge on any atom is -0.345 e. The maximum Gasteiger partial charge on any atom is 0.165 e. The SMILES string of the molecule is Cc1cc(N2CC[NH+](C(c3ccccc3)c3ccccc3)CC2)n2ncc(-c3ccccc3)c2n1. The van der Waals surface area contributed by atoms with Crippen LogP contribution in [-0.4, -0.2) is 40.8 Å². The molecule has 1 fully saturated rings. The molecule has 1 aliphatic rings. The summed E-state index contributed by atoms with van der Waals surface area (Å²) >= 11 is 0. The molecule has 1 saturated heterocycles. The van der Waals surface area contributed by atoms with Crippen molar-refractivity contribution in [3.63, 3.8) is 0 Å². The van der Waals surface area contributed by atoms with Gasteiger partial charge in [0.1, 0.15) is 11.9 Å². The van der Waals surface area contributed by atoms with Crippen molar-refractivity contribution in [2.24, 2.45) is 0 Å². The summed E-state index contributed by atoms with van der Waals surface area (Å²) < 4.78 is 2.02. The molecule has 6 rings (SSSR count). The van der Waals surface area contributed by atoms with E-state index in [9.17, 15) is 0 Å². The summed E-state index contributed by atoms with van der Waals surface area (Å²) in [6.45, 7) is 6.15. The van der Waals surface area contributed by atoms with E-state index in [1.54, 1.807) is 4.90 Å². The van der Waals surface area contributed by atoms with Crippen LogP contribution in [0.25, 0.3) is 16.8 Å². The maximum absolute atomic E-state index is 4.86. The van der Waals surface area contributed by atoms with E-state index in [1.807, 2.05) is 16.8 Å². The van der Waals surface area contributed by atoms with Crippen molar-refractivity contribution in [2.75, 3.05) is 31.1 Å². The van der Waals surface area contributed by atoms with Crippen molar-refractivity contribution in [3.05, 3.63) is 120 Å². The van der Waals surface area contributed by atoms with Crippen LogP contribution in [0.4, 0.5) is 5.82 Å². The van der Waals surface area contributed by atoms with Crippen molar-refractivity contribution in [3.8, 4) is 11.1 Å². The van der Waals surface area contributed by atoms with Gasteiger partial charge in [0, 0.05) is 28.5 Å². The van der Waals surface area contributed by atoms with Gasteiger partial charge in [-0.05, 0) is 12.5 Å². The van der Waals surface area contributed by atoms with E-state index in [-0.39, 0.29) is 0 Å². The molecule has 0 bridgehead atoms. The van der Waals surface area contributed by atoms with E-state index in [1.165, 1.54) is 11.1 Å². The first kappa shape index (κ1) is 21.6. The van der Waals surface area contributed by atoms with E-state index in [0.717, 1.165) is 54.5 Å². The molecule has 0 atom stereocenters. The first-order chi connectivity index (χ1) is 17.3. The van der Waals surface area contributed by atoms with Crippen LogP contribution in [0, 0.1) is 6.92 Å². The Kier molecular flexibility index (Phi) is 5.76. The zero-order valence-corrected chi connectivity index (χ0v) is 20.0. The zero-order valence-electron chi connectivity index (χ0n) is 20.0. The molecular weight excluding hydrogens is 430 g/mol. The fraction of sp³-hybridized carbons (Fsp3) is 0.200. The second kappa shape index (κ2) is 9.35. The number of rotatable bonds is 5. The Morgan fingerprint density at radius 3 is 1.94 bits per heavy atom. The minimum absolute atomic E-state index is 0.341. The number of nitrogens with zero attached hydrogens (tertiary/aromatic N) is 4. The lowest BCUT2D eigenvalue weighted by Crippen LogP contribution is -3.15. The minimum atomic E-state index is 0.341. The van der Waals surface area contributed by atoms with Crippen LogP contribution in [0.3, 0.4) is 0 Å². The fourth-order valence-electron chi connectivity index (χ4n) is 5.38. The summed E-state index contributed by atoms with van der Waals surface area (Å²) in [5.41, 5.74) is 6.92. The Bertz CT molecular complexity index is 1370. The highest BCUT2D eigenvalue weighted by Crippen LogP contribution is 2.27. The summed E-state index contributed by atoms with van der Waals surface area (Å²) in [6.07, 6.45) is 1.95. The monoisotopic (exact) mass is 460 g/mol. The van der Waals surface area contributed by atoms with Gasteiger partial charge in [-0.15, -0.1) is 0 Å². The van der Waals surface area contributed by atoms with Crippen LogP contribution in [0.15, 0.2) is 103 Å². The van der Waals surface area contributed by atoms with E-state index in [2.05, 4.69) is 103 Å². The molecule has 0 spiro atoms. The van der Waals surface area contributed by atoms with Gasteiger partial charge in [-0.3, -0.25) is 0 Å². The molecule has 1 N–H and O–H groups in total. The lowest BCUT2D eigenvalue weighted by molar-refractivity contribution is -0.926. The van der Waals surface area contributed by atoms with E-state index < -0.39 is 0 Å². The molecule has 35 heavy (non-hydrogen) atoms. The van der Waals surface area contributed by atoms with Gasteiger partial charge in [-0.1, -0.05) is 91.0 Å². The maximum atomic E-state index is 4.86. The van der Waals surface area contributed by atoms with Crippen molar-refractivity contribution in [2.45, 2.75) is 13.0 Å². The number of anilines is 1. The number of quaternary nitrogens is 1. The molecule has 2 aromatic heterocycles. The van der Waals surface area contributed by atoms with Gasteiger partial charge < -0.3 is 9.80 Å². The van der Waals surface area contributed by atoms with Gasteiger partial charge in [0.15, 0.2) is 5.65 Å². The standard InChI is InChI=1S/C30H29N5/c1-23-21-28(35-30(32-23)27(22-31-35)24-11-5-2-6-12-24)33-17-19-34(20-18-33)29(25-13-7-3-8-14-25)26-15-9-4-10-16-26/h2-16,21-22,29H,17-20H2,1H3/p+1. The van der Waals surface area contributed by atoms with Crippen LogP contribution in [0.5, 0.6) is 0 Å². The molecule has 0 aliphatic carbocycles. The largest absolute Gasteiger partial charge is 0.345 e. The summed E-state index contributed by atoms with van der Waals surface area (Å²) in [5, 5.41) is 4.77. The van der Waals surface area contributed by atoms with Crippen LogP contribution in [0.2, 0.25) is 0 Å².